The minimum Gasteiger partial charge on any atom is -0.303 e. The van der Waals surface area contributed by atoms with Crippen LogP contribution in [0.3, 0.4) is 0 Å². The first-order valence-corrected chi connectivity index (χ1v) is 5.21. The lowest BCUT2D eigenvalue weighted by molar-refractivity contribution is 0.563. The van der Waals surface area contributed by atoms with Crippen LogP contribution in [0.25, 0.3) is 0 Å². The summed E-state index contributed by atoms with van der Waals surface area (Å²) in [4.78, 5) is 8.29. The average Bonchev–Trinajstić information content (AvgIpc) is 2.87. The third-order valence-corrected chi connectivity index (χ3v) is 2.21. The van der Waals surface area contributed by atoms with E-state index in [1.165, 1.54) is 0 Å². The van der Waals surface area contributed by atoms with Crippen LogP contribution in [0, 0.1) is 0 Å². The van der Waals surface area contributed by atoms with E-state index in [2.05, 4.69) is 25.5 Å². The SMILES string of the molecule is CCn1ncnc1CNCc1ncn(C)n1. The standard InChI is InChI=1S/C9H15N7/c1-3-16-9(11-6-13-16)5-10-4-8-12-7-15(2)14-8/h6-7,10H,3-5H2,1-2H3. The molecule has 7 nitrogen and oxygen atoms in total. The molecule has 0 aliphatic carbocycles. The molecule has 0 saturated heterocycles. The quantitative estimate of drug-likeness (QED) is 0.751. The Hall–Kier alpha value is -1.76. The number of aromatic nitrogens is 6. The average molecular weight is 221 g/mol. The predicted octanol–water partition coefficient (Wildman–Crippen LogP) is -0.284. The molecule has 2 aromatic rings. The summed E-state index contributed by atoms with van der Waals surface area (Å²) in [7, 11) is 1.85. The van der Waals surface area contributed by atoms with E-state index in [9.17, 15) is 0 Å². The van der Waals surface area contributed by atoms with E-state index < -0.39 is 0 Å². The van der Waals surface area contributed by atoms with Crippen molar-refractivity contribution >= 4 is 0 Å². The summed E-state index contributed by atoms with van der Waals surface area (Å²) in [5.74, 6) is 1.71. The van der Waals surface area contributed by atoms with Crippen LogP contribution in [0.4, 0.5) is 0 Å². The van der Waals surface area contributed by atoms with Gasteiger partial charge in [0.25, 0.3) is 0 Å². The maximum atomic E-state index is 4.17. The fraction of sp³-hybridized carbons (Fsp3) is 0.556. The van der Waals surface area contributed by atoms with Crippen LogP contribution in [0.1, 0.15) is 18.6 Å². The van der Waals surface area contributed by atoms with Crippen molar-refractivity contribution in [1.29, 1.82) is 0 Å². The Bertz CT molecular complexity index is 444. The Morgan fingerprint density at radius 1 is 1.31 bits per heavy atom. The van der Waals surface area contributed by atoms with Gasteiger partial charge in [0.15, 0.2) is 5.82 Å². The van der Waals surface area contributed by atoms with Crippen LogP contribution >= 0.6 is 0 Å². The summed E-state index contributed by atoms with van der Waals surface area (Å²) in [6, 6.07) is 0. The Morgan fingerprint density at radius 2 is 2.19 bits per heavy atom. The molecular formula is C9H15N7. The Morgan fingerprint density at radius 3 is 2.88 bits per heavy atom. The molecule has 86 valence electrons. The fourth-order valence-corrected chi connectivity index (χ4v) is 1.44. The highest BCUT2D eigenvalue weighted by Gasteiger charge is 2.03. The predicted molar refractivity (Wildman–Crippen MR) is 57.2 cm³/mol. The summed E-state index contributed by atoms with van der Waals surface area (Å²) < 4.78 is 3.55. The zero-order valence-corrected chi connectivity index (χ0v) is 9.46. The molecule has 0 radical (unpaired) electrons. The van der Waals surface area contributed by atoms with Crippen molar-refractivity contribution in [3.05, 3.63) is 24.3 Å². The number of aryl methyl sites for hydroxylation is 2. The van der Waals surface area contributed by atoms with E-state index in [-0.39, 0.29) is 0 Å². The van der Waals surface area contributed by atoms with Crippen molar-refractivity contribution in [2.24, 2.45) is 7.05 Å². The monoisotopic (exact) mass is 221 g/mol. The maximum Gasteiger partial charge on any atom is 0.164 e. The highest BCUT2D eigenvalue weighted by molar-refractivity contribution is 4.86. The summed E-state index contributed by atoms with van der Waals surface area (Å²) in [6.07, 6.45) is 3.26. The smallest absolute Gasteiger partial charge is 0.164 e. The molecule has 0 spiro atoms. The fourth-order valence-electron chi connectivity index (χ4n) is 1.44. The summed E-state index contributed by atoms with van der Waals surface area (Å²) >= 11 is 0. The third kappa shape index (κ3) is 2.43. The Balaban J connectivity index is 1.84. The Kier molecular flexibility index (Phi) is 3.25. The number of hydrogen-bond donors (Lipinski definition) is 1. The van der Waals surface area contributed by atoms with Gasteiger partial charge in [0.1, 0.15) is 18.5 Å². The van der Waals surface area contributed by atoms with Crippen LogP contribution in [-0.4, -0.2) is 29.5 Å². The summed E-state index contributed by atoms with van der Waals surface area (Å²) in [6.45, 7) is 4.18. The van der Waals surface area contributed by atoms with Gasteiger partial charge in [0, 0.05) is 13.6 Å². The molecule has 0 saturated carbocycles. The first-order valence-electron chi connectivity index (χ1n) is 5.21. The summed E-state index contributed by atoms with van der Waals surface area (Å²) in [5, 5.41) is 11.5. The number of rotatable bonds is 5. The van der Waals surface area contributed by atoms with Crippen molar-refractivity contribution in [1.82, 2.24) is 34.8 Å². The van der Waals surface area contributed by atoms with E-state index in [1.807, 2.05) is 18.7 Å². The van der Waals surface area contributed by atoms with Gasteiger partial charge in [-0.2, -0.15) is 10.2 Å². The lowest BCUT2D eigenvalue weighted by Crippen LogP contribution is -2.17. The van der Waals surface area contributed by atoms with E-state index in [1.54, 1.807) is 17.3 Å². The highest BCUT2D eigenvalue weighted by Crippen LogP contribution is 1.94. The minimum absolute atomic E-state index is 0.636. The van der Waals surface area contributed by atoms with E-state index >= 15 is 0 Å². The molecule has 16 heavy (non-hydrogen) atoms. The van der Waals surface area contributed by atoms with Gasteiger partial charge in [0.05, 0.1) is 13.1 Å². The lowest BCUT2D eigenvalue weighted by Gasteiger charge is -2.03. The molecule has 2 rings (SSSR count). The maximum absolute atomic E-state index is 4.17. The van der Waals surface area contributed by atoms with Gasteiger partial charge in [-0.3, -0.25) is 4.68 Å². The molecule has 2 heterocycles. The molecule has 2 aromatic heterocycles. The molecule has 0 fully saturated rings. The van der Waals surface area contributed by atoms with E-state index in [4.69, 9.17) is 0 Å². The number of hydrogen-bond acceptors (Lipinski definition) is 5. The molecule has 0 unspecified atom stereocenters. The van der Waals surface area contributed by atoms with Gasteiger partial charge in [-0.15, -0.1) is 0 Å². The first-order chi connectivity index (χ1) is 7.79. The van der Waals surface area contributed by atoms with E-state index in [0.29, 0.717) is 13.1 Å². The van der Waals surface area contributed by atoms with Crippen molar-refractivity contribution < 1.29 is 0 Å². The topological polar surface area (TPSA) is 73.5 Å². The number of nitrogens with zero attached hydrogens (tertiary/aromatic N) is 6. The molecule has 0 aromatic carbocycles. The van der Waals surface area contributed by atoms with Crippen LogP contribution in [0.15, 0.2) is 12.7 Å². The zero-order valence-electron chi connectivity index (χ0n) is 9.46. The van der Waals surface area contributed by atoms with Crippen molar-refractivity contribution in [2.75, 3.05) is 0 Å². The molecule has 1 N–H and O–H groups in total. The first kappa shape index (κ1) is 10.7. The highest BCUT2D eigenvalue weighted by atomic mass is 15.3. The molecule has 0 atom stereocenters. The van der Waals surface area contributed by atoms with Crippen molar-refractivity contribution in [2.45, 2.75) is 26.6 Å². The molecule has 7 heteroatoms. The van der Waals surface area contributed by atoms with Gasteiger partial charge in [-0.25, -0.2) is 14.6 Å². The van der Waals surface area contributed by atoms with Crippen molar-refractivity contribution in [3.8, 4) is 0 Å². The van der Waals surface area contributed by atoms with Gasteiger partial charge in [0.2, 0.25) is 0 Å². The largest absolute Gasteiger partial charge is 0.303 e. The second-order valence-corrected chi connectivity index (χ2v) is 3.43. The molecule has 0 aliphatic heterocycles. The Labute approximate surface area is 93.5 Å². The third-order valence-electron chi connectivity index (χ3n) is 2.21. The lowest BCUT2D eigenvalue weighted by atomic mass is 10.5. The molecule has 0 aliphatic rings. The van der Waals surface area contributed by atoms with Crippen molar-refractivity contribution in [3.63, 3.8) is 0 Å². The van der Waals surface area contributed by atoms with Gasteiger partial charge in [-0.1, -0.05) is 0 Å². The molecule has 0 amide bonds. The molecule has 0 bridgehead atoms. The van der Waals surface area contributed by atoms with Crippen LogP contribution in [0.2, 0.25) is 0 Å². The van der Waals surface area contributed by atoms with Gasteiger partial charge in [-0.05, 0) is 6.92 Å². The van der Waals surface area contributed by atoms with Gasteiger partial charge >= 0.3 is 0 Å². The molecular weight excluding hydrogens is 206 g/mol. The van der Waals surface area contributed by atoms with Crippen LogP contribution in [0.5, 0.6) is 0 Å². The normalized spacial score (nSPS) is 10.9. The van der Waals surface area contributed by atoms with Crippen LogP contribution < -0.4 is 5.32 Å². The second-order valence-electron chi connectivity index (χ2n) is 3.43. The van der Waals surface area contributed by atoms with Crippen LogP contribution in [-0.2, 0) is 26.7 Å². The summed E-state index contributed by atoms with van der Waals surface area (Å²) in [5.41, 5.74) is 0. The van der Waals surface area contributed by atoms with E-state index in [0.717, 1.165) is 18.2 Å². The minimum atomic E-state index is 0.636. The van der Waals surface area contributed by atoms with Gasteiger partial charge < -0.3 is 5.32 Å². The zero-order chi connectivity index (χ0) is 11.4. The number of nitrogens with one attached hydrogen (secondary N) is 1. The second kappa shape index (κ2) is 4.84.